The van der Waals surface area contributed by atoms with Gasteiger partial charge in [0, 0.05) is 24.7 Å². The predicted molar refractivity (Wildman–Crippen MR) is 126 cm³/mol. The molecular weight excluding hydrogens is 440 g/mol. The maximum absolute atomic E-state index is 12.7. The lowest BCUT2D eigenvalue weighted by atomic mass is 9.99. The fourth-order valence-electron chi connectivity index (χ4n) is 3.63. The number of nitrogens with one attached hydrogen (secondary N) is 1. The average Bonchev–Trinajstić information content (AvgIpc) is 3.35. The van der Waals surface area contributed by atoms with E-state index >= 15 is 0 Å². The number of aryl methyl sites for hydroxylation is 1. The van der Waals surface area contributed by atoms with Gasteiger partial charge in [-0.05, 0) is 56.2 Å². The summed E-state index contributed by atoms with van der Waals surface area (Å²) in [5.74, 6) is 1.06. The number of ether oxygens (including phenoxy) is 2. The number of piperidine rings is 1. The standard InChI is InChI=1S/C24H26N4O4S/c1-16-5-7-18(8-6-16)25-22(30)24-27-26-23(33-24)17-4-3-13-28(14-17)21(29)15-32-20-11-9-19(31-2)10-12-20/h5-12,17H,3-4,13-15H2,1-2H3,(H,25,30). The summed E-state index contributed by atoms with van der Waals surface area (Å²) in [7, 11) is 1.60. The number of nitrogens with zero attached hydrogens (tertiary/aromatic N) is 3. The van der Waals surface area contributed by atoms with Crippen molar-refractivity contribution in [3.8, 4) is 11.5 Å². The van der Waals surface area contributed by atoms with Crippen LogP contribution in [0.15, 0.2) is 48.5 Å². The summed E-state index contributed by atoms with van der Waals surface area (Å²) in [4.78, 5) is 27.0. The van der Waals surface area contributed by atoms with Gasteiger partial charge in [0.2, 0.25) is 5.01 Å². The van der Waals surface area contributed by atoms with E-state index in [1.165, 1.54) is 11.3 Å². The highest BCUT2D eigenvalue weighted by atomic mass is 32.1. The van der Waals surface area contributed by atoms with Crippen LogP contribution in [0.1, 0.15) is 39.1 Å². The smallest absolute Gasteiger partial charge is 0.286 e. The number of amides is 2. The molecular formula is C24H26N4O4S. The van der Waals surface area contributed by atoms with Crippen LogP contribution in [-0.4, -0.2) is 53.7 Å². The zero-order chi connectivity index (χ0) is 23.2. The Hall–Kier alpha value is -3.46. The molecule has 1 aromatic heterocycles. The summed E-state index contributed by atoms with van der Waals surface area (Å²) in [6.45, 7) is 3.19. The van der Waals surface area contributed by atoms with Gasteiger partial charge < -0.3 is 19.7 Å². The van der Waals surface area contributed by atoms with Gasteiger partial charge >= 0.3 is 0 Å². The van der Waals surface area contributed by atoms with Crippen molar-refractivity contribution in [2.75, 3.05) is 32.1 Å². The summed E-state index contributed by atoms with van der Waals surface area (Å²) in [6.07, 6.45) is 1.76. The van der Waals surface area contributed by atoms with Gasteiger partial charge in [-0.15, -0.1) is 10.2 Å². The number of benzene rings is 2. The topological polar surface area (TPSA) is 93.7 Å². The summed E-state index contributed by atoms with van der Waals surface area (Å²) in [5, 5.41) is 12.3. The fourth-order valence-corrected chi connectivity index (χ4v) is 4.49. The zero-order valence-electron chi connectivity index (χ0n) is 18.6. The molecule has 9 heteroatoms. The molecule has 0 saturated carbocycles. The van der Waals surface area contributed by atoms with Crippen molar-refractivity contribution in [2.45, 2.75) is 25.7 Å². The van der Waals surface area contributed by atoms with Gasteiger partial charge in [0.15, 0.2) is 6.61 Å². The number of anilines is 1. The summed E-state index contributed by atoms with van der Waals surface area (Å²) < 4.78 is 10.8. The molecule has 1 aliphatic heterocycles. The van der Waals surface area contributed by atoms with Crippen molar-refractivity contribution >= 4 is 28.8 Å². The minimum atomic E-state index is -0.278. The Kier molecular flexibility index (Phi) is 7.19. The molecule has 2 amide bonds. The minimum absolute atomic E-state index is 0.0284. The van der Waals surface area contributed by atoms with Crippen molar-refractivity contribution in [3.63, 3.8) is 0 Å². The molecule has 2 aromatic carbocycles. The van der Waals surface area contributed by atoms with Crippen LogP contribution in [0, 0.1) is 6.92 Å². The lowest BCUT2D eigenvalue weighted by Crippen LogP contribution is -2.41. The second kappa shape index (κ2) is 10.4. The molecule has 0 spiro atoms. The van der Waals surface area contributed by atoms with E-state index in [4.69, 9.17) is 9.47 Å². The molecule has 3 aromatic rings. The minimum Gasteiger partial charge on any atom is -0.497 e. The normalized spacial score (nSPS) is 15.7. The van der Waals surface area contributed by atoms with Gasteiger partial charge in [-0.25, -0.2) is 0 Å². The van der Waals surface area contributed by atoms with Gasteiger partial charge in [-0.2, -0.15) is 0 Å². The Labute approximate surface area is 196 Å². The largest absolute Gasteiger partial charge is 0.497 e. The first-order valence-corrected chi connectivity index (χ1v) is 11.6. The molecule has 172 valence electrons. The van der Waals surface area contributed by atoms with Crippen molar-refractivity contribution < 1.29 is 19.1 Å². The molecule has 33 heavy (non-hydrogen) atoms. The molecule has 2 heterocycles. The molecule has 1 fully saturated rings. The number of carbonyl (C=O) groups excluding carboxylic acids is 2. The van der Waals surface area contributed by atoms with E-state index in [0.29, 0.717) is 29.5 Å². The molecule has 0 radical (unpaired) electrons. The Bertz CT molecular complexity index is 1100. The lowest BCUT2D eigenvalue weighted by molar-refractivity contribution is -0.134. The highest BCUT2D eigenvalue weighted by Crippen LogP contribution is 2.29. The van der Waals surface area contributed by atoms with E-state index in [1.54, 1.807) is 36.3 Å². The first kappa shape index (κ1) is 22.7. The summed E-state index contributed by atoms with van der Waals surface area (Å²) in [6, 6.07) is 14.7. The van der Waals surface area contributed by atoms with Gasteiger partial charge in [0.05, 0.1) is 7.11 Å². The predicted octanol–water partition coefficient (Wildman–Crippen LogP) is 3.89. The number of likely N-dealkylation sites (tertiary alicyclic amines) is 1. The molecule has 1 aliphatic rings. The second-order valence-electron chi connectivity index (χ2n) is 7.91. The van der Waals surface area contributed by atoms with E-state index in [1.807, 2.05) is 31.2 Å². The Morgan fingerprint density at radius 1 is 1.09 bits per heavy atom. The first-order chi connectivity index (χ1) is 16.0. The van der Waals surface area contributed by atoms with Gasteiger partial charge in [0.25, 0.3) is 11.8 Å². The van der Waals surface area contributed by atoms with Crippen LogP contribution in [0.25, 0.3) is 0 Å². The lowest BCUT2D eigenvalue weighted by Gasteiger charge is -2.31. The molecule has 4 rings (SSSR count). The van der Waals surface area contributed by atoms with Crippen LogP contribution in [0.4, 0.5) is 5.69 Å². The first-order valence-electron chi connectivity index (χ1n) is 10.8. The van der Waals surface area contributed by atoms with Crippen molar-refractivity contribution in [1.82, 2.24) is 15.1 Å². The number of rotatable bonds is 7. The molecule has 1 unspecified atom stereocenters. The van der Waals surface area contributed by atoms with Crippen molar-refractivity contribution in [3.05, 3.63) is 64.1 Å². The third-order valence-electron chi connectivity index (χ3n) is 5.49. The van der Waals surface area contributed by atoms with E-state index in [2.05, 4.69) is 15.5 Å². The Balaban J connectivity index is 1.32. The maximum atomic E-state index is 12.7. The van der Waals surface area contributed by atoms with Crippen LogP contribution in [0.2, 0.25) is 0 Å². The number of aromatic nitrogens is 2. The van der Waals surface area contributed by atoms with Gasteiger partial charge in [0.1, 0.15) is 16.5 Å². The van der Waals surface area contributed by atoms with E-state index in [0.717, 1.165) is 29.2 Å². The highest BCUT2D eigenvalue weighted by Gasteiger charge is 2.28. The monoisotopic (exact) mass is 466 g/mol. The average molecular weight is 467 g/mol. The van der Waals surface area contributed by atoms with Gasteiger partial charge in [-0.3, -0.25) is 9.59 Å². The van der Waals surface area contributed by atoms with Crippen LogP contribution in [-0.2, 0) is 4.79 Å². The maximum Gasteiger partial charge on any atom is 0.286 e. The second-order valence-corrected chi connectivity index (χ2v) is 8.92. The number of methoxy groups -OCH3 is 1. The van der Waals surface area contributed by atoms with Crippen molar-refractivity contribution in [1.29, 1.82) is 0 Å². The fraction of sp³-hybridized carbons (Fsp3) is 0.333. The summed E-state index contributed by atoms with van der Waals surface area (Å²) >= 11 is 1.28. The van der Waals surface area contributed by atoms with Crippen LogP contribution in [0.5, 0.6) is 11.5 Å². The third kappa shape index (κ3) is 5.87. The number of hydrogen-bond donors (Lipinski definition) is 1. The van der Waals surface area contributed by atoms with Gasteiger partial charge in [-0.1, -0.05) is 29.0 Å². The Morgan fingerprint density at radius 2 is 1.82 bits per heavy atom. The highest BCUT2D eigenvalue weighted by molar-refractivity contribution is 7.13. The van der Waals surface area contributed by atoms with Crippen LogP contribution >= 0.6 is 11.3 Å². The molecule has 1 saturated heterocycles. The SMILES string of the molecule is COc1ccc(OCC(=O)N2CCCC(c3nnc(C(=O)Nc4ccc(C)cc4)s3)C2)cc1. The van der Waals surface area contributed by atoms with E-state index < -0.39 is 0 Å². The Morgan fingerprint density at radius 3 is 2.55 bits per heavy atom. The number of carbonyl (C=O) groups is 2. The quantitative estimate of drug-likeness (QED) is 0.568. The molecule has 0 aliphatic carbocycles. The van der Waals surface area contributed by atoms with E-state index in [9.17, 15) is 9.59 Å². The molecule has 8 nitrogen and oxygen atoms in total. The van der Waals surface area contributed by atoms with Crippen LogP contribution < -0.4 is 14.8 Å². The number of hydrogen-bond acceptors (Lipinski definition) is 7. The van der Waals surface area contributed by atoms with Crippen molar-refractivity contribution in [2.24, 2.45) is 0 Å². The summed E-state index contributed by atoms with van der Waals surface area (Å²) in [5.41, 5.74) is 1.84. The molecule has 1 atom stereocenters. The van der Waals surface area contributed by atoms with E-state index in [-0.39, 0.29) is 24.3 Å². The zero-order valence-corrected chi connectivity index (χ0v) is 19.4. The molecule has 0 bridgehead atoms. The molecule has 1 N–H and O–H groups in total. The third-order valence-corrected chi connectivity index (χ3v) is 6.57. The van der Waals surface area contributed by atoms with Crippen LogP contribution in [0.3, 0.4) is 0 Å².